The number of aryl methyl sites for hydroxylation is 1. The maximum Gasteiger partial charge on any atom is 0.255 e. The van der Waals surface area contributed by atoms with E-state index in [-0.39, 0.29) is 5.91 Å². The molecule has 0 unspecified atom stereocenters. The Labute approximate surface area is 146 Å². The zero-order valence-electron chi connectivity index (χ0n) is 13.9. The molecule has 1 atom stereocenters. The fraction of sp³-hybridized carbons (Fsp3) is 0.389. The van der Waals surface area contributed by atoms with Crippen molar-refractivity contribution >= 4 is 17.7 Å². The van der Waals surface area contributed by atoms with Gasteiger partial charge in [0.2, 0.25) is 0 Å². The first kappa shape index (κ1) is 16.8. The SMILES string of the molecule is CSc1nc(-c2ccco2)nc(C)c1C(=O)NC[C@H]1CC=CCC1. The predicted molar refractivity (Wildman–Crippen MR) is 95.1 cm³/mol. The van der Waals surface area contributed by atoms with Gasteiger partial charge in [-0.25, -0.2) is 9.97 Å². The standard InChI is InChI=1S/C18H21N3O2S/c1-12-15(17(22)19-11-13-7-4-3-5-8-13)18(24-2)21-16(20-12)14-9-6-10-23-14/h3-4,6,9-10,13H,5,7-8,11H2,1-2H3,(H,19,22)/t13-/m0/s1. The summed E-state index contributed by atoms with van der Waals surface area (Å²) in [5.74, 6) is 1.53. The molecule has 0 fully saturated rings. The Kier molecular flexibility index (Phi) is 5.35. The maximum absolute atomic E-state index is 12.6. The molecule has 0 aliphatic heterocycles. The van der Waals surface area contributed by atoms with E-state index in [1.807, 2.05) is 19.2 Å². The molecule has 5 nitrogen and oxygen atoms in total. The minimum Gasteiger partial charge on any atom is -0.461 e. The summed E-state index contributed by atoms with van der Waals surface area (Å²) < 4.78 is 5.36. The van der Waals surface area contributed by atoms with Gasteiger partial charge >= 0.3 is 0 Å². The number of thioether (sulfide) groups is 1. The molecular weight excluding hydrogens is 322 g/mol. The summed E-state index contributed by atoms with van der Waals surface area (Å²) in [5, 5.41) is 3.72. The fourth-order valence-corrected chi connectivity index (χ4v) is 3.46. The van der Waals surface area contributed by atoms with Gasteiger partial charge in [0.1, 0.15) is 5.03 Å². The smallest absolute Gasteiger partial charge is 0.255 e. The van der Waals surface area contributed by atoms with E-state index in [1.54, 1.807) is 12.3 Å². The molecule has 0 saturated heterocycles. The number of furan rings is 1. The molecule has 126 valence electrons. The summed E-state index contributed by atoms with van der Waals surface area (Å²) in [6.07, 6.45) is 11.1. The van der Waals surface area contributed by atoms with E-state index < -0.39 is 0 Å². The van der Waals surface area contributed by atoms with Crippen LogP contribution < -0.4 is 5.32 Å². The molecule has 24 heavy (non-hydrogen) atoms. The summed E-state index contributed by atoms with van der Waals surface area (Å²) in [4.78, 5) is 21.6. The lowest BCUT2D eigenvalue weighted by atomic mass is 9.94. The van der Waals surface area contributed by atoms with Crippen molar-refractivity contribution in [3.05, 3.63) is 41.8 Å². The first-order valence-corrected chi connectivity index (χ1v) is 9.31. The second-order valence-electron chi connectivity index (χ2n) is 5.85. The van der Waals surface area contributed by atoms with Gasteiger partial charge in [-0.1, -0.05) is 12.2 Å². The lowest BCUT2D eigenvalue weighted by Crippen LogP contribution is -2.31. The van der Waals surface area contributed by atoms with Crippen LogP contribution in [0.1, 0.15) is 35.3 Å². The maximum atomic E-state index is 12.6. The summed E-state index contributed by atoms with van der Waals surface area (Å²) in [6.45, 7) is 2.53. The number of aromatic nitrogens is 2. The second kappa shape index (κ2) is 7.66. The van der Waals surface area contributed by atoms with E-state index in [9.17, 15) is 4.79 Å². The largest absolute Gasteiger partial charge is 0.461 e. The van der Waals surface area contributed by atoms with Crippen LogP contribution in [0.15, 0.2) is 40.0 Å². The molecule has 2 aromatic heterocycles. The van der Waals surface area contributed by atoms with Gasteiger partial charge in [-0.05, 0) is 50.5 Å². The average molecular weight is 343 g/mol. The van der Waals surface area contributed by atoms with Crippen molar-refractivity contribution in [3.8, 4) is 11.6 Å². The minimum absolute atomic E-state index is 0.0996. The Morgan fingerprint density at radius 3 is 2.96 bits per heavy atom. The van der Waals surface area contributed by atoms with Crippen molar-refractivity contribution in [2.45, 2.75) is 31.2 Å². The summed E-state index contributed by atoms with van der Waals surface area (Å²) >= 11 is 1.45. The monoisotopic (exact) mass is 343 g/mol. The van der Waals surface area contributed by atoms with Crippen LogP contribution in [0.4, 0.5) is 0 Å². The van der Waals surface area contributed by atoms with Crippen molar-refractivity contribution < 1.29 is 9.21 Å². The molecule has 0 bridgehead atoms. The van der Waals surface area contributed by atoms with Gasteiger partial charge in [0.25, 0.3) is 5.91 Å². The molecule has 6 heteroatoms. The van der Waals surface area contributed by atoms with Crippen LogP contribution in [0.25, 0.3) is 11.6 Å². The third kappa shape index (κ3) is 3.70. The van der Waals surface area contributed by atoms with Crippen LogP contribution in [-0.4, -0.2) is 28.7 Å². The van der Waals surface area contributed by atoms with Crippen LogP contribution in [0.2, 0.25) is 0 Å². The highest BCUT2D eigenvalue weighted by Gasteiger charge is 2.20. The van der Waals surface area contributed by atoms with Gasteiger partial charge in [-0.3, -0.25) is 4.79 Å². The summed E-state index contributed by atoms with van der Waals surface area (Å²) in [5.41, 5.74) is 1.23. The molecular formula is C18H21N3O2S. The molecule has 0 saturated carbocycles. The first-order valence-electron chi connectivity index (χ1n) is 8.08. The molecule has 0 spiro atoms. The van der Waals surface area contributed by atoms with Crippen molar-refractivity contribution in [2.75, 3.05) is 12.8 Å². The number of carbonyl (C=O) groups excluding carboxylic acids is 1. The van der Waals surface area contributed by atoms with E-state index in [0.717, 1.165) is 19.3 Å². The molecule has 1 amide bonds. The minimum atomic E-state index is -0.0996. The number of rotatable bonds is 5. The van der Waals surface area contributed by atoms with Gasteiger partial charge in [-0.15, -0.1) is 11.8 Å². The summed E-state index contributed by atoms with van der Waals surface area (Å²) in [7, 11) is 0. The topological polar surface area (TPSA) is 68.0 Å². The number of hydrogen-bond acceptors (Lipinski definition) is 5. The average Bonchev–Trinajstić information content (AvgIpc) is 3.14. The number of nitrogens with one attached hydrogen (secondary N) is 1. The second-order valence-corrected chi connectivity index (χ2v) is 6.65. The Balaban J connectivity index is 1.78. The zero-order chi connectivity index (χ0) is 16.9. The van der Waals surface area contributed by atoms with Crippen molar-refractivity contribution in [1.82, 2.24) is 15.3 Å². The van der Waals surface area contributed by atoms with E-state index >= 15 is 0 Å². The van der Waals surface area contributed by atoms with Gasteiger partial charge in [0.05, 0.1) is 17.5 Å². The van der Waals surface area contributed by atoms with Crippen molar-refractivity contribution in [3.63, 3.8) is 0 Å². The predicted octanol–water partition coefficient (Wildman–Crippen LogP) is 3.85. The third-order valence-corrected chi connectivity index (χ3v) is 4.83. The van der Waals surface area contributed by atoms with Gasteiger partial charge in [-0.2, -0.15) is 0 Å². The van der Waals surface area contributed by atoms with E-state index in [1.165, 1.54) is 11.8 Å². The number of amides is 1. The van der Waals surface area contributed by atoms with Crippen LogP contribution >= 0.6 is 11.8 Å². The van der Waals surface area contributed by atoms with Crippen molar-refractivity contribution in [2.24, 2.45) is 5.92 Å². The highest BCUT2D eigenvalue weighted by atomic mass is 32.2. The van der Waals surface area contributed by atoms with Gasteiger partial charge < -0.3 is 9.73 Å². The van der Waals surface area contributed by atoms with Crippen LogP contribution in [-0.2, 0) is 0 Å². The lowest BCUT2D eigenvalue weighted by Gasteiger charge is -2.19. The molecule has 0 radical (unpaired) electrons. The zero-order valence-corrected chi connectivity index (χ0v) is 14.7. The fourth-order valence-electron chi connectivity index (χ4n) is 2.84. The van der Waals surface area contributed by atoms with Crippen LogP contribution in [0, 0.1) is 12.8 Å². The Hall–Kier alpha value is -2.08. The Morgan fingerprint density at radius 1 is 1.42 bits per heavy atom. The highest BCUT2D eigenvalue weighted by Crippen LogP contribution is 2.25. The highest BCUT2D eigenvalue weighted by molar-refractivity contribution is 7.98. The molecule has 0 aromatic carbocycles. The van der Waals surface area contributed by atoms with E-state index in [2.05, 4.69) is 27.4 Å². The first-order chi connectivity index (χ1) is 11.7. The number of allylic oxidation sites excluding steroid dienone is 2. The van der Waals surface area contributed by atoms with Crippen molar-refractivity contribution in [1.29, 1.82) is 0 Å². The normalized spacial score (nSPS) is 17.0. The quantitative estimate of drug-likeness (QED) is 0.507. The molecule has 2 heterocycles. The summed E-state index contributed by atoms with van der Waals surface area (Å²) in [6, 6.07) is 3.61. The molecule has 3 rings (SSSR count). The van der Waals surface area contributed by atoms with Gasteiger partial charge in [0, 0.05) is 6.54 Å². The van der Waals surface area contributed by atoms with E-state index in [0.29, 0.717) is 40.3 Å². The number of carbonyl (C=O) groups is 1. The number of nitrogens with zero attached hydrogens (tertiary/aromatic N) is 2. The van der Waals surface area contributed by atoms with Crippen LogP contribution in [0.5, 0.6) is 0 Å². The Morgan fingerprint density at radius 2 is 2.29 bits per heavy atom. The lowest BCUT2D eigenvalue weighted by molar-refractivity contribution is 0.0941. The molecule has 2 aromatic rings. The third-order valence-electron chi connectivity index (χ3n) is 4.15. The van der Waals surface area contributed by atoms with Gasteiger partial charge in [0.15, 0.2) is 11.6 Å². The molecule has 1 aliphatic carbocycles. The van der Waals surface area contributed by atoms with E-state index in [4.69, 9.17) is 4.42 Å². The number of hydrogen-bond donors (Lipinski definition) is 1. The molecule has 1 N–H and O–H groups in total. The van der Waals surface area contributed by atoms with Crippen LogP contribution in [0.3, 0.4) is 0 Å². The Bertz CT molecular complexity index is 741. The molecule has 1 aliphatic rings.